The smallest absolute Gasteiger partial charge is 0.0557 e. The van der Waals surface area contributed by atoms with E-state index in [9.17, 15) is 0 Å². The first kappa shape index (κ1) is 16.3. The van der Waals surface area contributed by atoms with Crippen molar-refractivity contribution >= 4 is 29.4 Å². The molecule has 0 aliphatic carbocycles. The third-order valence-corrected chi connectivity index (χ3v) is 4.48. The third-order valence-electron chi connectivity index (χ3n) is 3.92. The van der Waals surface area contributed by atoms with E-state index in [0.717, 1.165) is 38.3 Å². The van der Waals surface area contributed by atoms with Gasteiger partial charge in [0.25, 0.3) is 0 Å². The molecule has 1 saturated heterocycles. The molecule has 0 atom stereocenters. The van der Waals surface area contributed by atoms with E-state index in [1.165, 1.54) is 5.56 Å². The second kappa shape index (κ2) is 7.82. The van der Waals surface area contributed by atoms with Crippen LogP contribution in [0.15, 0.2) is 53.6 Å². The summed E-state index contributed by atoms with van der Waals surface area (Å²) in [5.41, 5.74) is 2.25. The number of halogens is 2. The van der Waals surface area contributed by atoms with E-state index in [0.29, 0.717) is 10.0 Å². The van der Waals surface area contributed by atoms with Gasteiger partial charge >= 0.3 is 0 Å². The molecule has 0 spiro atoms. The minimum Gasteiger partial charge on any atom is -0.295 e. The van der Waals surface area contributed by atoms with Gasteiger partial charge in [0.1, 0.15) is 0 Å². The van der Waals surface area contributed by atoms with Gasteiger partial charge in [-0.2, -0.15) is 5.10 Å². The Morgan fingerprint density at radius 2 is 1.70 bits per heavy atom. The first-order valence-electron chi connectivity index (χ1n) is 7.71. The molecule has 1 aliphatic heterocycles. The van der Waals surface area contributed by atoms with E-state index in [1.54, 1.807) is 6.07 Å². The monoisotopic (exact) mass is 347 g/mol. The molecule has 0 amide bonds. The third kappa shape index (κ3) is 4.71. The van der Waals surface area contributed by atoms with Crippen molar-refractivity contribution in [2.75, 3.05) is 26.2 Å². The summed E-state index contributed by atoms with van der Waals surface area (Å²) in [7, 11) is 0. The van der Waals surface area contributed by atoms with Gasteiger partial charge in [-0.3, -0.25) is 9.91 Å². The van der Waals surface area contributed by atoms with Gasteiger partial charge in [-0.15, -0.1) is 0 Å². The van der Waals surface area contributed by atoms with Crippen LogP contribution in [0.4, 0.5) is 0 Å². The van der Waals surface area contributed by atoms with Crippen LogP contribution >= 0.6 is 23.2 Å². The molecule has 5 heteroatoms. The Labute approximate surface area is 147 Å². The highest BCUT2D eigenvalue weighted by atomic mass is 35.5. The molecule has 3 rings (SSSR count). The Bertz CT molecular complexity index is 665. The molecular formula is C18H19Cl2N3. The standard InChI is InChI=1S/C18H19Cl2N3/c19-17-7-6-16(18(20)12-17)13-21-23-10-8-22(9-11-23)14-15-4-2-1-3-5-15/h1-7,12-13H,8-11,14H2. The highest BCUT2D eigenvalue weighted by Gasteiger charge is 2.15. The van der Waals surface area contributed by atoms with E-state index in [2.05, 4.69) is 45.3 Å². The second-order valence-electron chi connectivity index (χ2n) is 5.63. The molecule has 0 unspecified atom stereocenters. The Kier molecular flexibility index (Phi) is 5.55. The van der Waals surface area contributed by atoms with Crippen molar-refractivity contribution in [3.63, 3.8) is 0 Å². The lowest BCUT2D eigenvalue weighted by atomic mass is 10.2. The molecular weight excluding hydrogens is 329 g/mol. The summed E-state index contributed by atoms with van der Waals surface area (Å²) >= 11 is 12.1. The van der Waals surface area contributed by atoms with Crippen molar-refractivity contribution in [3.05, 3.63) is 69.7 Å². The lowest BCUT2D eigenvalue weighted by Gasteiger charge is -2.33. The quantitative estimate of drug-likeness (QED) is 0.773. The lowest BCUT2D eigenvalue weighted by molar-refractivity contribution is 0.131. The summed E-state index contributed by atoms with van der Waals surface area (Å²) in [6.07, 6.45) is 1.81. The molecule has 0 bridgehead atoms. The van der Waals surface area contributed by atoms with Gasteiger partial charge in [0.05, 0.1) is 11.2 Å². The van der Waals surface area contributed by atoms with Crippen LogP contribution in [0.5, 0.6) is 0 Å². The molecule has 2 aromatic rings. The van der Waals surface area contributed by atoms with Crippen molar-refractivity contribution in [1.82, 2.24) is 9.91 Å². The predicted molar refractivity (Wildman–Crippen MR) is 97.3 cm³/mol. The maximum Gasteiger partial charge on any atom is 0.0557 e. The first-order valence-corrected chi connectivity index (χ1v) is 8.46. The number of nitrogens with zero attached hydrogens (tertiary/aromatic N) is 3. The van der Waals surface area contributed by atoms with Crippen LogP contribution in [-0.2, 0) is 6.54 Å². The number of benzene rings is 2. The second-order valence-corrected chi connectivity index (χ2v) is 6.47. The van der Waals surface area contributed by atoms with Gasteiger partial charge in [0, 0.05) is 43.3 Å². The van der Waals surface area contributed by atoms with Crippen molar-refractivity contribution in [3.8, 4) is 0 Å². The fourth-order valence-electron chi connectivity index (χ4n) is 2.60. The van der Waals surface area contributed by atoms with Crippen LogP contribution in [0.3, 0.4) is 0 Å². The van der Waals surface area contributed by atoms with Gasteiger partial charge in [-0.25, -0.2) is 0 Å². The average Bonchev–Trinajstić information content (AvgIpc) is 2.56. The van der Waals surface area contributed by atoms with Crippen molar-refractivity contribution in [2.45, 2.75) is 6.54 Å². The summed E-state index contributed by atoms with van der Waals surface area (Å²) in [4.78, 5) is 2.45. The zero-order valence-electron chi connectivity index (χ0n) is 12.8. The molecule has 2 aromatic carbocycles. The van der Waals surface area contributed by atoms with Crippen molar-refractivity contribution in [1.29, 1.82) is 0 Å². The fourth-order valence-corrected chi connectivity index (χ4v) is 3.06. The van der Waals surface area contributed by atoms with E-state index in [-0.39, 0.29) is 0 Å². The maximum atomic E-state index is 6.16. The summed E-state index contributed by atoms with van der Waals surface area (Å²) in [5, 5.41) is 7.90. The van der Waals surface area contributed by atoms with Crippen LogP contribution in [0.1, 0.15) is 11.1 Å². The lowest BCUT2D eigenvalue weighted by Crippen LogP contribution is -2.43. The summed E-state index contributed by atoms with van der Waals surface area (Å²) in [6, 6.07) is 16.0. The fraction of sp³-hybridized carbons (Fsp3) is 0.278. The van der Waals surface area contributed by atoms with Gasteiger partial charge in [-0.1, -0.05) is 59.6 Å². The normalized spacial score (nSPS) is 16.2. The zero-order chi connectivity index (χ0) is 16.1. The number of hydrazone groups is 1. The Hall–Kier alpha value is -1.55. The SMILES string of the molecule is Clc1ccc(C=NN2CCN(Cc3ccccc3)CC2)c(Cl)c1. The van der Waals surface area contributed by atoms with Gasteiger partial charge < -0.3 is 0 Å². The van der Waals surface area contributed by atoms with Gasteiger partial charge in [0.15, 0.2) is 0 Å². The van der Waals surface area contributed by atoms with E-state index in [1.807, 2.05) is 18.3 Å². The number of rotatable bonds is 4. The molecule has 120 valence electrons. The molecule has 1 heterocycles. The molecule has 0 aromatic heterocycles. The van der Waals surface area contributed by atoms with E-state index in [4.69, 9.17) is 23.2 Å². The van der Waals surface area contributed by atoms with Crippen molar-refractivity contribution < 1.29 is 0 Å². The first-order chi connectivity index (χ1) is 11.2. The molecule has 0 N–H and O–H groups in total. The Morgan fingerprint density at radius 1 is 0.957 bits per heavy atom. The minimum absolute atomic E-state index is 0.629. The number of piperazine rings is 1. The van der Waals surface area contributed by atoms with Crippen LogP contribution < -0.4 is 0 Å². The van der Waals surface area contributed by atoms with E-state index >= 15 is 0 Å². The highest BCUT2D eigenvalue weighted by Crippen LogP contribution is 2.19. The Morgan fingerprint density at radius 3 is 2.39 bits per heavy atom. The molecule has 0 radical (unpaired) electrons. The van der Waals surface area contributed by atoms with Crippen LogP contribution in [0.2, 0.25) is 10.0 Å². The van der Waals surface area contributed by atoms with E-state index < -0.39 is 0 Å². The molecule has 0 saturated carbocycles. The number of hydrogen-bond donors (Lipinski definition) is 0. The highest BCUT2D eigenvalue weighted by molar-refractivity contribution is 6.36. The van der Waals surface area contributed by atoms with Crippen molar-refractivity contribution in [2.24, 2.45) is 5.10 Å². The van der Waals surface area contributed by atoms with Gasteiger partial charge in [-0.05, 0) is 17.7 Å². The van der Waals surface area contributed by atoms with Crippen LogP contribution in [-0.4, -0.2) is 42.3 Å². The average molecular weight is 348 g/mol. The zero-order valence-corrected chi connectivity index (χ0v) is 14.3. The topological polar surface area (TPSA) is 18.8 Å². The summed E-state index contributed by atoms with van der Waals surface area (Å²) in [6.45, 7) is 4.88. The minimum atomic E-state index is 0.629. The van der Waals surface area contributed by atoms with Crippen LogP contribution in [0, 0.1) is 0 Å². The maximum absolute atomic E-state index is 6.16. The van der Waals surface area contributed by atoms with Gasteiger partial charge in [0.2, 0.25) is 0 Å². The summed E-state index contributed by atoms with van der Waals surface area (Å²) < 4.78 is 0. The predicted octanol–water partition coefficient (Wildman–Crippen LogP) is 4.15. The molecule has 3 nitrogen and oxygen atoms in total. The number of hydrogen-bond acceptors (Lipinski definition) is 3. The molecule has 23 heavy (non-hydrogen) atoms. The largest absolute Gasteiger partial charge is 0.295 e. The summed E-state index contributed by atoms with van der Waals surface area (Å²) in [5.74, 6) is 0. The Balaban J connectivity index is 1.52. The molecule has 1 fully saturated rings. The van der Waals surface area contributed by atoms with Crippen LogP contribution in [0.25, 0.3) is 0 Å². The molecule has 1 aliphatic rings.